The lowest BCUT2D eigenvalue weighted by atomic mass is 9.59. The van der Waals surface area contributed by atoms with E-state index in [1.165, 1.54) is 13.0 Å². The first-order valence-electron chi connectivity index (χ1n) is 10.3. The maximum Gasteiger partial charge on any atom is 0.255 e. The van der Waals surface area contributed by atoms with Crippen LogP contribution in [0.4, 0.5) is 0 Å². The highest BCUT2D eigenvalue weighted by molar-refractivity contribution is 6.22. The number of aliphatic hydroxyl groups is 3. The lowest BCUT2D eigenvalue weighted by Crippen LogP contribution is -2.58. The smallest absolute Gasteiger partial charge is 0.255 e. The van der Waals surface area contributed by atoms with E-state index in [-0.39, 0.29) is 36.0 Å². The van der Waals surface area contributed by atoms with Gasteiger partial charge in [-0.15, -0.1) is 0 Å². The zero-order valence-corrected chi connectivity index (χ0v) is 18.1. The Morgan fingerprint density at radius 2 is 1.76 bits per heavy atom. The SMILES string of the molecule is C=C(C)c1cc(C(C)=O)c(O)c2c1C[C@H]1C[C@H]3CC(=O)C(C(N)=O)=C(O)[C@@]3(O)C(=O)C1=C2O. The van der Waals surface area contributed by atoms with Crippen LogP contribution in [0.1, 0.15) is 53.7 Å². The molecule has 33 heavy (non-hydrogen) atoms. The first kappa shape index (κ1) is 22.5. The van der Waals surface area contributed by atoms with E-state index in [0.29, 0.717) is 16.7 Å². The minimum atomic E-state index is -2.62. The van der Waals surface area contributed by atoms with Crippen molar-refractivity contribution in [3.05, 3.63) is 51.8 Å². The number of phenols is 1. The number of allylic oxidation sites excluding steroid dienone is 1. The Kier molecular flexibility index (Phi) is 4.86. The summed E-state index contributed by atoms with van der Waals surface area (Å²) in [6.45, 7) is 6.85. The molecule has 6 N–H and O–H groups in total. The molecule has 9 nitrogen and oxygen atoms in total. The summed E-state index contributed by atoms with van der Waals surface area (Å²) in [6, 6.07) is 1.48. The van der Waals surface area contributed by atoms with Crippen LogP contribution >= 0.6 is 0 Å². The van der Waals surface area contributed by atoms with E-state index in [1.807, 2.05) is 0 Å². The molecule has 0 aliphatic heterocycles. The first-order valence-corrected chi connectivity index (χ1v) is 10.3. The Hall–Kier alpha value is -3.72. The van der Waals surface area contributed by atoms with Crippen molar-refractivity contribution in [3.63, 3.8) is 0 Å². The Morgan fingerprint density at radius 1 is 1.12 bits per heavy atom. The van der Waals surface area contributed by atoms with Crippen LogP contribution in [0.3, 0.4) is 0 Å². The van der Waals surface area contributed by atoms with E-state index < -0.39 is 63.5 Å². The topological polar surface area (TPSA) is 175 Å². The van der Waals surface area contributed by atoms with E-state index in [0.717, 1.165) is 0 Å². The molecule has 4 rings (SSSR count). The molecule has 1 amide bonds. The minimum absolute atomic E-state index is 0.0355. The van der Waals surface area contributed by atoms with Gasteiger partial charge in [0.25, 0.3) is 5.91 Å². The number of nitrogens with two attached hydrogens (primary N) is 1. The van der Waals surface area contributed by atoms with E-state index in [2.05, 4.69) is 6.58 Å². The van der Waals surface area contributed by atoms with E-state index in [1.54, 1.807) is 6.92 Å². The molecule has 172 valence electrons. The molecule has 0 saturated heterocycles. The molecule has 9 heteroatoms. The molecule has 0 unspecified atom stereocenters. The minimum Gasteiger partial charge on any atom is -0.508 e. The van der Waals surface area contributed by atoms with Gasteiger partial charge in [0.15, 0.2) is 17.2 Å². The Labute approximate surface area is 188 Å². The highest BCUT2D eigenvalue weighted by Crippen LogP contribution is 2.53. The fourth-order valence-electron chi connectivity index (χ4n) is 5.34. The summed E-state index contributed by atoms with van der Waals surface area (Å²) in [4.78, 5) is 49.6. The molecular weight excluding hydrogens is 430 g/mol. The van der Waals surface area contributed by atoms with Crippen LogP contribution < -0.4 is 5.73 Å². The van der Waals surface area contributed by atoms with Crippen LogP contribution in [-0.4, -0.2) is 49.3 Å². The third kappa shape index (κ3) is 2.88. The highest BCUT2D eigenvalue weighted by Gasteiger charge is 2.60. The number of amides is 1. The largest absolute Gasteiger partial charge is 0.508 e. The number of hydrogen-bond acceptors (Lipinski definition) is 8. The predicted molar refractivity (Wildman–Crippen MR) is 116 cm³/mol. The van der Waals surface area contributed by atoms with Gasteiger partial charge in [-0.1, -0.05) is 12.2 Å². The maximum atomic E-state index is 13.5. The van der Waals surface area contributed by atoms with Crippen LogP contribution in [0.25, 0.3) is 11.3 Å². The van der Waals surface area contributed by atoms with E-state index >= 15 is 0 Å². The number of ketones is 3. The Bertz CT molecular complexity index is 1270. The van der Waals surface area contributed by atoms with Gasteiger partial charge >= 0.3 is 0 Å². The second kappa shape index (κ2) is 7.14. The van der Waals surface area contributed by atoms with Crippen molar-refractivity contribution >= 4 is 34.6 Å². The molecule has 1 aromatic rings. The molecule has 0 bridgehead atoms. The molecular formula is C24H23NO8. The summed E-state index contributed by atoms with van der Waals surface area (Å²) >= 11 is 0. The Morgan fingerprint density at radius 3 is 2.30 bits per heavy atom. The normalized spacial score (nSPS) is 26.5. The molecule has 0 spiro atoms. The molecule has 0 radical (unpaired) electrons. The summed E-state index contributed by atoms with van der Waals surface area (Å²) in [5.41, 5.74) is 2.85. The number of fused-ring (bicyclic) bond motifs is 3. The van der Waals surface area contributed by atoms with Crippen molar-refractivity contribution in [1.29, 1.82) is 0 Å². The van der Waals surface area contributed by atoms with Gasteiger partial charge in [-0.3, -0.25) is 19.2 Å². The number of hydrogen-bond donors (Lipinski definition) is 5. The van der Waals surface area contributed by atoms with Gasteiger partial charge in [-0.25, -0.2) is 0 Å². The van der Waals surface area contributed by atoms with Gasteiger partial charge in [-0.2, -0.15) is 0 Å². The van der Waals surface area contributed by atoms with E-state index in [4.69, 9.17) is 5.73 Å². The molecule has 0 aromatic heterocycles. The van der Waals surface area contributed by atoms with Gasteiger partial charge in [0.05, 0.1) is 11.1 Å². The summed E-state index contributed by atoms with van der Waals surface area (Å²) in [5, 5.41) is 43.7. The molecule has 0 heterocycles. The number of aliphatic hydroxyl groups excluding tert-OH is 2. The molecule has 3 atom stereocenters. The quantitative estimate of drug-likeness (QED) is 0.339. The lowest BCUT2D eigenvalue weighted by molar-refractivity contribution is -0.147. The number of carbonyl (C=O) groups excluding carboxylic acids is 4. The summed E-state index contributed by atoms with van der Waals surface area (Å²) < 4.78 is 0. The van der Waals surface area contributed by atoms with Gasteiger partial charge in [0.1, 0.15) is 22.8 Å². The number of phenolic OH excluding ortho intramolecular Hbond substituents is 1. The average molecular weight is 453 g/mol. The van der Waals surface area contributed by atoms with Crippen molar-refractivity contribution in [2.45, 2.75) is 38.7 Å². The predicted octanol–water partition coefficient (Wildman–Crippen LogP) is 1.66. The van der Waals surface area contributed by atoms with Crippen molar-refractivity contribution in [1.82, 2.24) is 0 Å². The first-order chi connectivity index (χ1) is 15.3. The van der Waals surface area contributed by atoms with Crippen LogP contribution in [0.2, 0.25) is 0 Å². The van der Waals surface area contributed by atoms with Gasteiger partial charge < -0.3 is 26.2 Å². The molecule has 1 fully saturated rings. The van der Waals surface area contributed by atoms with Crippen molar-refractivity contribution in [2.24, 2.45) is 17.6 Å². The standard InChI is InChI=1S/C24H23NO8/c1-8(2)12-7-13(9(3)26)19(28)17-14(12)5-10-4-11-6-15(27)18(23(25)32)22(31)24(11,33)21(30)16(10)20(17)29/h7,10-11,28-29,31,33H,1,4-6H2,2-3H3,(H2,25,32)/t10-,11+,24+/m1/s1. The summed E-state index contributed by atoms with van der Waals surface area (Å²) in [7, 11) is 0. The van der Waals surface area contributed by atoms with E-state index in [9.17, 15) is 39.6 Å². The molecule has 1 saturated carbocycles. The fourth-order valence-corrected chi connectivity index (χ4v) is 5.34. The highest BCUT2D eigenvalue weighted by atomic mass is 16.3. The number of primary amides is 1. The van der Waals surface area contributed by atoms with Gasteiger partial charge in [0, 0.05) is 17.9 Å². The second-order valence-electron chi connectivity index (χ2n) is 8.92. The zero-order chi connectivity index (χ0) is 24.6. The third-order valence-corrected chi connectivity index (χ3v) is 6.90. The number of aromatic hydroxyl groups is 1. The van der Waals surface area contributed by atoms with Crippen molar-refractivity contribution in [3.8, 4) is 5.75 Å². The zero-order valence-electron chi connectivity index (χ0n) is 18.1. The van der Waals surface area contributed by atoms with Crippen LogP contribution in [0.15, 0.2) is 29.6 Å². The number of Topliss-reactive ketones (excluding diaryl/α,β-unsaturated/α-hetero) is 3. The van der Waals surface area contributed by atoms with Crippen LogP contribution in [0, 0.1) is 11.8 Å². The van der Waals surface area contributed by atoms with Crippen LogP contribution in [0.5, 0.6) is 5.75 Å². The average Bonchev–Trinajstić information content (AvgIpc) is 2.70. The lowest BCUT2D eigenvalue weighted by Gasteiger charge is -2.46. The van der Waals surface area contributed by atoms with Crippen molar-refractivity contribution < 1.29 is 39.6 Å². The van der Waals surface area contributed by atoms with Gasteiger partial charge in [-0.05, 0) is 49.8 Å². The van der Waals surface area contributed by atoms with Gasteiger partial charge in [0.2, 0.25) is 5.78 Å². The van der Waals surface area contributed by atoms with Crippen molar-refractivity contribution in [2.75, 3.05) is 0 Å². The summed E-state index contributed by atoms with van der Waals surface area (Å²) in [6.07, 6.45) is -0.195. The number of rotatable bonds is 3. The third-order valence-electron chi connectivity index (χ3n) is 6.90. The fraction of sp³-hybridized carbons (Fsp3) is 0.333. The summed E-state index contributed by atoms with van der Waals surface area (Å²) in [5.74, 6) is -7.56. The monoisotopic (exact) mass is 453 g/mol. The Balaban J connectivity index is 2.00. The molecule has 3 aliphatic carbocycles. The maximum absolute atomic E-state index is 13.5. The molecule has 3 aliphatic rings. The number of benzene rings is 1. The molecule has 1 aromatic carbocycles. The second-order valence-corrected chi connectivity index (χ2v) is 8.92. The number of carbonyl (C=O) groups is 4. The van der Waals surface area contributed by atoms with Crippen LogP contribution in [-0.2, 0) is 20.8 Å².